The molecule has 106 valence electrons. The summed E-state index contributed by atoms with van der Waals surface area (Å²) in [7, 11) is -3.64. The summed E-state index contributed by atoms with van der Waals surface area (Å²) in [6, 6.07) is 5.45. The van der Waals surface area contributed by atoms with Crippen molar-refractivity contribution in [2.75, 3.05) is 13.2 Å². The van der Waals surface area contributed by atoms with Gasteiger partial charge >= 0.3 is 5.97 Å². The number of hydrogen-bond donors (Lipinski definition) is 4. The first-order valence-electron chi connectivity index (χ1n) is 5.42. The van der Waals surface area contributed by atoms with Crippen molar-refractivity contribution in [2.24, 2.45) is 0 Å². The van der Waals surface area contributed by atoms with E-state index in [4.69, 9.17) is 15.3 Å². The van der Waals surface area contributed by atoms with Gasteiger partial charge in [-0.15, -0.1) is 0 Å². The summed E-state index contributed by atoms with van der Waals surface area (Å²) in [5.74, 6) is -1.41. The molecule has 0 amide bonds. The number of carboxylic acid groups (broad SMARTS) is 1. The molecule has 4 N–H and O–H groups in total. The smallest absolute Gasteiger partial charge is 0.335 e. The highest BCUT2D eigenvalue weighted by Gasteiger charge is 2.14. The summed E-state index contributed by atoms with van der Waals surface area (Å²) in [6.07, 6.45) is -1.15. The molecular formula is C11H15NO6S. The van der Waals surface area contributed by atoms with Gasteiger partial charge in [0.2, 0.25) is 10.0 Å². The fraction of sp³-hybridized carbons (Fsp3) is 0.364. The van der Waals surface area contributed by atoms with Crippen LogP contribution in [0.25, 0.3) is 0 Å². The monoisotopic (exact) mass is 289 g/mol. The van der Waals surface area contributed by atoms with Crippen LogP contribution in [0.4, 0.5) is 0 Å². The van der Waals surface area contributed by atoms with Crippen molar-refractivity contribution in [3.05, 3.63) is 35.4 Å². The maximum Gasteiger partial charge on any atom is 0.335 e. The van der Waals surface area contributed by atoms with Crippen LogP contribution in [0.5, 0.6) is 0 Å². The quantitative estimate of drug-likeness (QED) is 0.519. The molecule has 0 fully saturated rings. The molecule has 0 heterocycles. The maximum absolute atomic E-state index is 11.6. The first kappa shape index (κ1) is 15.6. The Morgan fingerprint density at radius 2 is 1.84 bits per heavy atom. The van der Waals surface area contributed by atoms with Crippen molar-refractivity contribution < 1.29 is 28.5 Å². The minimum atomic E-state index is -3.64. The lowest BCUT2D eigenvalue weighted by molar-refractivity contribution is 0.0697. The van der Waals surface area contributed by atoms with E-state index in [-0.39, 0.29) is 17.9 Å². The SMILES string of the molecule is O=C(O)c1ccc(CS(=O)(=O)NCC(O)CO)cc1. The van der Waals surface area contributed by atoms with Gasteiger partial charge in [-0.1, -0.05) is 12.1 Å². The van der Waals surface area contributed by atoms with E-state index in [1.165, 1.54) is 24.3 Å². The number of hydrogen-bond acceptors (Lipinski definition) is 5. The van der Waals surface area contributed by atoms with Gasteiger partial charge in [0.25, 0.3) is 0 Å². The average Bonchev–Trinajstić information content (AvgIpc) is 2.36. The number of aliphatic hydroxyl groups excluding tert-OH is 2. The molecule has 19 heavy (non-hydrogen) atoms. The number of aliphatic hydroxyl groups is 2. The van der Waals surface area contributed by atoms with E-state index < -0.39 is 28.7 Å². The first-order valence-corrected chi connectivity index (χ1v) is 7.08. The van der Waals surface area contributed by atoms with E-state index >= 15 is 0 Å². The second-order valence-electron chi connectivity index (χ2n) is 3.95. The molecule has 1 rings (SSSR count). The minimum Gasteiger partial charge on any atom is -0.478 e. The molecule has 7 nitrogen and oxygen atoms in total. The van der Waals surface area contributed by atoms with Gasteiger partial charge in [-0.3, -0.25) is 0 Å². The van der Waals surface area contributed by atoms with E-state index in [1.807, 2.05) is 0 Å². The average molecular weight is 289 g/mol. The fourth-order valence-electron chi connectivity index (χ4n) is 1.30. The van der Waals surface area contributed by atoms with Gasteiger partial charge < -0.3 is 15.3 Å². The number of aromatic carboxylic acids is 1. The Hall–Kier alpha value is -1.48. The molecular weight excluding hydrogens is 274 g/mol. The Morgan fingerprint density at radius 1 is 1.26 bits per heavy atom. The van der Waals surface area contributed by atoms with E-state index in [9.17, 15) is 13.2 Å². The largest absolute Gasteiger partial charge is 0.478 e. The highest BCUT2D eigenvalue weighted by Crippen LogP contribution is 2.08. The van der Waals surface area contributed by atoms with Crippen LogP contribution in [0.1, 0.15) is 15.9 Å². The first-order chi connectivity index (χ1) is 8.84. The lowest BCUT2D eigenvalue weighted by Crippen LogP contribution is -2.34. The van der Waals surface area contributed by atoms with Crippen molar-refractivity contribution in [3.63, 3.8) is 0 Å². The van der Waals surface area contributed by atoms with Crippen LogP contribution < -0.4 is 4.72 Å². The van der Waals surface area contributed by atoms with Crippen LogP contribution in [-0.4, -0.2) is 49.0 Å². The van der Waals surface area contributed by atoms with Crippen molar-refractivity contribution >= 4 is 16.0 Å². The molecule has 1 atom stereocenters. The molecule has 0 saturated carbocycles. The van der Waals surface area contributed by atoms with Crippen LogP contribution in [-0.2, 0) is 15.8 Å². The zero-order valence-corrected chi connectivity index (χ0v) is 10.8. The molecule has 0 aliphatic carbocycles. The van der Waals surface area contributed by atoms with Crippen LogP contribution in [0.3, 0.4) is 0 Å². The molecule has 0 radical (unpaired) electrons. The Labute approximate surface area is 110 Å². The number of rotatable bonds is 7. The number of carboxylic acids is 1. The number of nitrogens with one attached hydrogen (secondary N) is 1. The van der Waals surface area contributed by atoms with Gasteiger partial charge in [-0.25, -0.2) is 17.9 Å². The summed E-state index contributed by atoms with van der Waals surface area (Å²) >= 11 is 0. The zero-order valence-electron chi connectivity index (χ0n) is 9.98. The van der Waals surface area contributed by atoms with E-state index in [0.29, 0.717) is 5.56 Å². The molecule has 8 heteroatoms. The van der Waals surface area contributed by atoms with Crippen molar-refractivity contribution in [1.29, 1.82) is 0 Å². The van der Waals surface area contributed by atoms with Crippen molar-refractivity contribution in [1.82, 2.24) is 4.72 Å². The molecule has 0 spiro atoms. The number of sulfonamides is 1. The Kier molecular flexibility index (Phi) is 5.43. The summed E-state index contributed by atoms with van der Waals surface area (Å²) in [5, 5.41) is 26.3. The summed E-state index contributed by atoms with van der Waals surface area (Å²) in [6.45, 7) is -0.804. The molecule has 0 aliphatic rings. The lowest BCUT2D eigenvalue weighted by Gasteiger charge is -2.10. The number of carbonyl (C=O) groups is 1. The fourth-order valence-corrected chi connectivity index (χ4v) is 2.48. The molecule has 0 bridgehead atoms. The van der Waals surface area contributed by atoms with E-state index in [0.717, 1.165) is 0 Å². The summed E-state index contributed by atoms with van der Waals surface area (Å²) in [4.78, 5) is 10.6. The van der Waals surface area contributed by atoms with Crippen molar-refractivity contribution in [3.8, 4) is 0 Å². The summed E-state index contributed by atoms with van der Waals surface area (Å²) < 4.78 is 25.4. The molecule has 0 saturated heterocycles. The van der Waals surface area contributed by atoms with Crippen molar-refractivity contribution in [2.45, 2.75) is 11.9 Å². The summed E-state index contributed by atoms with van der Waals surface area (Å²) in [5.41, 5.74) is 0.501. The van der Waals surface area contributed by atoms with E-state index in [1.54, 1.807) is 0 Å². The third-order valence-electron chi connectivity index (χ3n) is 2.31. The molecule has 1 aromatic rings. The Bertz CT molecular complexity index is 525. The maximum atomic E-state index is 11.6. The lowest BCUT2D eigenvalue weighted by atomic mass is 10.1. The van der Waals surface area contributed by atoms with Gasteiger partial charge in [0.05, 0.1) is 24.0 Å². The Balaban J connectivity index is 2.65. The second-order valence-corrected chi connectivity index (χ2v) is 5.75. The third kappa shape index (κ3) is 5.35. The molecule has 0 aromatic heterocycles. The Morgan fingerprint density at radius 3 is 2.32 bits per heavy atom. The predicted octanol–water partition coefficient (Wildman–Crippen LogP) is -0.843. The number of benzene rings is 1. The van der Waals surface area contributed by atoms with Gasteiger partial charge in [0, 0.05) is 6.54 Å². The van der Waals surface area contributed by atoms with Gasteiger partial charge in [0.1, 0.15) is 0 Å². The highest BCUT2D eigenvalue weighted by molar-refractivity contribution is 7.88. The highest BCUT2D eigenvalue weighted by atomic mass is 32.2. The topological polar surface area (TPSA) is 124 Å². The van der Waals surface area contributed by atoms with Crippen LogP contribution in [0.2, 0.25) is 0 Å². The normalized spacial score (nSPS) is 13.2. The van der Waals surface area contributed by atoms with E-state index in [2.05, 4.69) is 4.72 Å². The molecule has 1 unspecified atom stereocenters. The molecule has 1 aromatic carbocycles. The van der Waals surface area contributed by atoms with Crippen LogP contribution >= 0.6 is 0 Å². The van der Waals surface area contributed by atoms with Crippen LogP contribution in [0, 0.1) is 0 Å². The predicted molar refractivity (Wildman–Crippen MR) is 67.1 cm³/mol. The molecule has 0 aliphatic heterocycles. The zero-order chi connectivity index (χ0) is 14.5. The van der Waals surface area contributed by atoms with Gasteiger partial charge in [-0.05, 0) is 17.7 Å². The van der Waals surface area contributed by atoms with Crippen LogP contribution in [0.15, 0.2) is 24.3 Å². The third-order valence-corrected chi connectivity index (χ3v) is 3.63. The minimum absolute atomic E-state index is 0.0739. The van der Waals surface area contributed by atoms with Gasteiger partial charge in [0.15, 0.2) is 0 Å². The standard InChI is InChI=1S/C11H15NO6S/c13-6-10(14)5-12-19(17,18)7-8-1-3-9(4-2-8)11(15)16/h1-4,10,12-14H,5-7H2,(H,15,16). The van der Waals surface area contributed by atoms with Gasteiger partial charge in [-0.2, -0.15) is 0 Å². The second kappa shape index (κ2) is 6.62.